The van der Waals surface area contributed by atoms with Crippen LogP contribution >= 0.6 is 11.6 Å². The number of para-hydroxylation sites is 1. The van der Waals surface area contributed by atoms with Gasteiger partial charge in [0.1, 0.15) is 11.8 Å². The molecule has 0 saturated heterocycles. The van der Waals surface area contributed by atoms with Gasteiger partial charge in [0.25, 0.3) is 0 Å². The van der Waals surface area contributed by atoms with Gasteiger partial charge in [-0.3, -0.25) is 9.59 Å². The third-order valence-corrected chi connectivity index (χ3v) is 7.51. The summed E-state index contributed by atoms with van der Waals surface area (Å²) in [6.07, 6.45) is 1.07. The average molecular weight is 558 g/mol. The minimum atomic E-state index is -3.72. The standard InChI is InChI=1S/C28H32ClN3O5S/c1-21(28(34)30-17-24-11-7-8-12-26(24)37-2)32(19-23-13-15-25(29)16-14-23)27(33)20-31(38(3,35)36)18-22-9-5-4-6-10-22/h4-16,21H,17-20H2,1-3H3,(H,30,34)/t21-/m1/s1. The van der Waals surface area contributed by atoms with Crippen LogP contribution < -0.4 is 10.1 Å². The van der Waals surface area contributed by atoms with E-state index in [-0.39, 0.29) is 25.5 Å². The van der Waals surface area contributed by atoms with Crippen molar-refractivity contribution in [2.24, 2.45) is 0 Å². The summed E-state index contributed by atoms with van der Waals surface area (Å²) < 4.78 is 31.6. The van der Waals surface area contributed by atoms with Gasteiger partial charge in [0.15, 0.2) is 0 Å². The van der Waals surface area contributed by atoms with Crippen LogP contribution in [0.1, 0.15) is 23.6 Å². The summed E-state index contributed by atoms with van der Waals surface area (Å²) in [5.41, 5.74) is 2.29. The van der Waals surface area contributed by atoms with E-state index in [1.54, 1.807) is 68.6 Å². The molecule has 1 atom stereocenters. The fraction of sp³-hybridized carbons (Fsp3) is 0.286. The van der Waals surface area contributed by atoms with Gasteiger partial charge in [-0.2, -0.15) is 4.31 Å². The predicted octanol–water partition coefficient (Wildman–Crippen LogP) is 3.84. The van der Waals surface area contributed by atoms with Crippen molar-refractivity contribution in [3.05, 3.63) is 101 Å². The Morgan fingerprint density at radius 2 is 1.53 bits per heavy atom. The zero-order chi connectivity index (χ0) is 27.7. The van der Waals surface area contributed by atoms with Crippen LogP contribution in [0.3, 0.4) is 0 Å². The SMILES string of the molecule is COc1ccccc1CNC(=O)[C@@H](C)N(Cc1ccc(Cl)cc1)C(=O)CN(Cc1ccccc1)S(C)(=O)=O. The molecule has 0 aliphatic carbocycles. The van der Waals surface area contributed by atoms with Crippen molar-refractivity contribution in [3.63, 3.8) is 0 Å². The Labute approximate surface area is 229 Å². The third-order valence-electron chi connectivity index (χ3n) is 6.06. The lowest BCUT2D eigenvalue weighted by Crippen LogP contribution is -2.50. The summed E-state index contributed by atoms with van der Waals surface area (Å²) in [7, 11) is -2.16. The molecule has 0 radical (unpaired) electrons. The van der Waals surface area contributed by atoms with Crippen LogP contribution in [0.25, 0.3) is 0 Å². The van der Waals surface area contributed by atoms with E-state index in [9.17, 15) is 18.0 Å². The molecule has 0 unspecified atom stereocenters. The number of ether oxygens (including phenoxy) is 1. The van der Waals surface area contributed by atoms with Crippen LogP contribution in [-0.4, -0.2) is 55.4 Å². The van der Waals surface area contributed by atoms with E-state index in [1.807, 2.05) is 24.3 Å². The first-order valence-electron chi connectivity index (χ1n) is 12.0. The van der Waals surface area contributed by atoms with Gasteiger partial charge in [-0.1, -0.05) is 72.3 Å². The number of nitrogens with one attached hydrogen (secondary N) is 1. The zero-order valence-electron chi connectivity index (χ0n) is 21.6. The second-order valence-corrected chi connectivity index (χ2v) is 11.3. The average Bonchev–Trinajstić information content (AvgIpc) is 2.90. The maximum Gasteiger partial charge on any atom is 0.242 e. The Hall–Kier alpha value is -3.40. The fourth-order valence-corrected chi connectivity index (χ4v) is 4.72. The topological polar surface area (TPSA) is 96.0 Å². The van der Waals surface area contributed by atoms with E-state index in [0.717, 1.165) is 27.3 Å². The molecule has 202 valence electrons. The van der Waals surface area contributed by atoms with E-state index < -0.39 is 28.5 Å². The summed E-state index contributed by atoms with van der Waals surface area (Å²) in [6.45, 7) is 1.55. The number of carbonyl (C=O) groups is 2. The predicted molar refractivity (Wildman–Crippen MR) is 148 cm³/mol. The highest BCUT2D eigenvalue weighted by atomic mass is 35.5. The Bertz CT molecular complexity index is 1330. The number of benzene rings is 3. The molecule has 10 heteroatoms. The Kier molecular flexibility index (Phi) is 10.3. The van der Waals surface area contributed by atoms with Crippen molar-refractivity contribution in [2.45, 2.75) is 32.6 Å². The van der Waals surface area contributed by atoms with Crippen LogP contribution in [0, 0.1) is 0 Å². The number of carbonyl (C=O) groups excluding carboxylic acids is 2. The number of nitrogens with zero attached hydrogens (tertiary/aromatic N) is 2. The van der Waals surface area contributed by atoms with Gasteiger partial charge < -0.3 is 15.0 Å². The molecule has 0 saturated carbocycles. The van der Waals surface area contributed by atoms with Crippen molar-refractivity contribution in [2.75, 3.05) is 19.9 Å². The Morgan fingerprint density at radius 1 is 0.921 bits per heavy atom. The van der Waals surface area contributed by atoms with Crippen molar-refractivity contribution in [3.8, 4) is 5.75 Å². The molecule has 0 bridgehead atoms. The maximum atomic E-state index is 13.6. The van der Waals surface area contributed by atoms with Crippen molar-refractivity contribution in [1.82, 2.24) is 14.5 Å². The molecule has 3 aromatic rings. The molecule has 38 heavy (non-hydrogen) atoms. The van der Waals surface area contributed by atoms with Crippen LogP contribution in [0.2, 0.25) is 5.02 Å². The minimum Gasteiger partial charge on any atom is -0.496 e. The largest absolute Gasteiger partial charge is 0.496 e. The number of hydrogen-bond acceptors (Lipinski definition) is 5. The van der Waals surface area contributed by atoms with Crippen LogP contribution in [0.5, 0.6) is 5.75 Å². The van der Waals surface area contributed by atoms with Gasteiger partial charge in [0.05, 0.1) is 19.9 Å². The van der Waals surface area contributed by atoms with E-state index in [2.05, 4.69) is 5.32 Å². The monoisotopic (exact) mass is 557 g/mol. The lowest BCUT2D eigenvalue weighted by Gasteiger charge is -2.31. The minimum absolute atomic E-state index is 0.0363. The highest BCUT2D eigenvalue weighted by Gasteiger charge is 2.30. The van der Waals surface area contributed by atoms with Crippen molar-refractivity contribution >= 4 is 33.4 Å². The molecule has 0 heterocycles. The first-order chi connectivity index (χ1) is 18.1. The first kappa shape index (κ1) is 29.2. The van der Waals surface area contributed by atoms with Crippen molar-refractivity contribution in [1.29, 1.82) is 0 Å². The maximum absolute atomic E-state index is 13.6. The van der Waals surface area contributed by atoms with E-state index in [4.69, 9.17) is 16.3 Å². The molecule has 0 aromatic heterocycles. The molecule has 0 aliphatic rings. The van der Waals surface area contributed by atoms with Gasteiger partial charge in [-0.05, 0) is 36.2 Å². The van der Waals surface area contributed by atoms with Crippen LogP contribution in [0.4, 0.5) is 0 Å². The molecule has 0 spiro atoms. The molecule has 3 aromatic carbocycles. The van der Waals surface area contributed by atoms with E-state index in [0.29, 0.717) is 10.8 Å². The number of amides is 2. The molecule has 2 amide bonds. The van der Waals surface area contributed by atoms with E-state index in [1.165, 1.54) is 4.90 Å². The Balaban J connectivity index is 1.81. The Morgan fingerprint density at radius 3 is 2.16 bits per heavy atom. The number of rotatable bonds is 12. The van der Waals surface area contributed by atoms with Gasteiger partial charge in [-0.15, -0.1) is 0 Å². The smallest absolute Gasteiger partial charge is 0.242 e. The number of hydrogen-bond donors (Lipinski definition) is 1. The summed E-state index contributed by atoms with van der Waals surface area (Å²) in [5, 5.41) is 3.40. The number of methoxy groups -OCH3 is 1. The molecular formula is C28H32ClN3O5S. The fourth-order valence-electron chi connectivity index (χ4n) is 3.87. The second kappa shape index (κ2) is 13.4. The number of sulfonamides is 1. The molecule has 1 N–H and O–H groups in total. The van der Waals surface area contributed by atoms with Crippen LogP contribution in [-0.2, 0) is 39.2 Å². The molecular weight excluding hydrogens is 526 g/mol. The van der Waals surface area contributed by atoms with E-state index >= 15 is 0 Å². The third kappa shape index (κ3) is 8.31. The summed E-state index contributed by atoms with van der Waals surface area (Å²) in [6, 6.07) is 22.4. The van der Waals surface area contributed by atoms with Gasteiger partial charge in [0, 0.05) is 30.2 Å². The molecule has 0 aliphatic heterocycles. The summed E-state index contributed by atoms with van der Waals surface area (Å²) in [5.74, 6) is -0.243. The lowest BCUT2D eigenvalue weighted by molar-refractivity contribution is -0.140. The van der Waals surface area contributed by atoms with Gasteiger partial charge in [-0.25, -0.2) is 8.42 Å². The highest BCUT2D eigenvalue weighted by molar-refractivity contribution is 7.88. The van der Waals surface area contributed by atoms with Gasteiger partial charge in [0.2, 0.25) is 21.8 Å². The van der Waals surface area contributed by atoms with Crippen LogP contribution in [0.15, 0.2) is 78.9 Å². The molecule has 8 nitrogen and oxygen atoms in total. The quantitative estimate of drug-likeness (QED) is 0.365. The molecule has 0 fully saturated rings. The van der Waals surface area contributed by atoms with Crippen molar-refractivity contribution < 1.29 is 22.7 Å². The lowest BCUT2D eigenvalue weighted by atomic mass is 10.1. The second-order valence-electron chi connectivity index (χ2n) is 8.87. The normalized spacial score (nSPS) is 12.1. The first-order valence-corrected chi connectivity index (χ1v) is 14.2. The summed E-state index contributed by atoms with van der Waals surface area (Å²) >= 11 is 6.02. The highest BCUT2D eigenvalue weighted by Crippen LogP contribution is 2.18. The number of halogens is 1. The summed E-state index contributed by atoms with van der Waals surface area (Å²) in [4.78, 5) is 28.1. The molecule has 3 rings (SSSR count). The van der Waals surface area contributed by atoms with Gasteiger partial charge >= 0.3 is 0 Å². The zero-order valence-corrected chi connectivity index (χ0v) is 23.2.